The van der Waals surface area contributed by atoms with Crippen molar-refractivity contribution >= 4 is 64.3 Å². The first-order valence-corrected chi connectivity index (χ1v) is 14.9. The van der Waals surface area contributed by atoms with Crippen molar-refractivity contribution in [3.05, 3.63) is 140 Å². The van der Waals surface area contributed by atoms with Crippen LogP contribution in [-0.2, 0) is 0 Å². The lowest BCUT2D eigenvalue weighted by atomic mass is 10.0. The molecule has 196 valence electrons. The van der Waals surface area contributed by atoms with Crippen LogP contribution in [0.1, 0.15) is 0 Å². The standard InChI is InChI=1S/C38H23N3S/c1-3-11-24(12-4-1)35-36(25-13-5-2-6-14-25)40-32-23-26(19-22-31(32)39-35)41-33-17-9-7-15-27(33)29-20-21-30-28-16-8-10-18-34(28)42-38(30)37(29)41/h1-23H. The molecule has 9 aromatic rings. The van der Waals surface area contributed by atoms with Gasteiger partial charge in [-0.2, -0.15) is 0 Å². The van der Waals surface area contributed by atoms with Gasteiger partial charge in [0.15, 0.2) is 0 Å². The van der Waals surface area contributed by atoms with E-state index in [1.165, 1.54) is 42.0 Å². The molecule has 3 nitrogen and oxygen atoms in total. The second-order valence-corrected chi connectivity index (χ2v) is 11.7. The molecule has 0 N–H and O–H groups in total. The highest BCUT2D eigenvalue weighted by Crippen LogP contribution is 2.43. The van der Waals surface area contributed by atoms with Gasteiger partial charge in [0.2, 0.25) is 0 Å². The lowest BCUT2D eigenvalue weighted by Gasteiger charge is -2.13. The van der Waals surface area contributed by atoms with Crippen LogP contribution >= 0.6 is 11.3 Å². The van der Waals surface area contributed by atoms with E-state index in [1.807, 2.05) is 23.5 Å². The molecule has 3 aromatic heterocycles. The molecular weight excluding hydrogens is 531 g/mol. The van der Waals surface area contributed by atoms with Gasteiger partial charge in [-0.3, -0.25) is 0 Å². The summed E-state index contributed by atoms with van der Waals surface area (Å²) in [6, 6.07) is 49.2. The third-order valence-electron chi connectivity index (χ3n) is 8.18. The van der Waals surface area contributed by atoms with Gasteiger partial charge in [0.05, 0.1) is 38.2 Å². The first-order chi connectivity index (χ1) is 20.8. The average Bonchev–Trinajstić information content (AvgIpc) is 3.61. The Kier molecular flexibility index (Phi) is 5.07. The average molecular weight is 554 g/mol. The van der Waals surface area contributed by atoms with Gasteiger partial charge in [-0.25, -0.2) is 9.97 Å². The van der Waals surface area contributed by atoms with Crippen molar-refractivity contribution in [2.24, 2.45) is 0 Å². The molecule has 42 heavy (non-hydrogen) atoms. The van der Waals surface area contributed by atoms with Crippen molar-refractivity contribution in [2.45, 2.75) is 0 Å². The molecular formula is C38H23N3S. The van der Waals surface area contributed by atoms with Crippen molar-refractivity contribution in [2.75, 3.05) is 0 Å². The van der Waals surface area contributed by atoms with E-state index in [1.54, 1.807) is 0 Å². The van der Waals surface area contributed by atoms with Gasteiger partial charge in [-0.05, 0) is 30.3 Å². The van der Waals surface area contributed by atoms with Crippen molar-refractivity contribution in [3.63, 3.8) is 0 Å². The molecule has 6 aromatic carbocycles. The van der Waals surface area contributed by atoms with Gasteiger partial charge < -0.3 is 4.57 Å². The van der Waals surface area contributed by atoms with Gasteiger partial charge >= 0.3 is 0 Å². The fourth-order valence-corrected chi connectivity index (χ4v) is 7.52. The van der Waals surface area contributed by atoms with Gasteiger partial charge in [0, 0.05) is 43.1 Å². The predicted octanol–water partition coefficient (Wildman–Crippen LogP) is 10.4. The minimum absolute atomic E-state index is 0.875. The van der Waals surface area contributed by atoms with Gasteiger partial charge in [0.25, 0.3) is 0 Å². The zero-order valence-corrected chi connectivity index (χ0v) is 23.3. The minimum atomic E-state index is 0.875. The molecule has 0 spiro atoms. The normalized spacial score (nSPS) is 11.8. The maximum absolute atomic E-state index is 5.28. The van der Waals surface area contributed by atoms with Crippen molar-refractivity contribution in [1.82, 2.24) is 14.5 Å². The van der Waals surface area contributed by atoms with E-state index in [0.717, 1.165) is 39.2 Å². The van der Waals surface area contributed by atoms with Crippen LogP contribution in [0.15, 0.2) is 140 Å². The van der Waals surface area contributed by atoms with E-state index in [4.69, 9.17) is 9.97 Å². The molecule has 3 heterocycles. The quantitative estimate of drug-likeness (QED) is 0.218. The Morgan fingerprint density at radius 1 is 0.476 bits per heavy atom. The summed E-state index contributed by atoms with van der Waals surface area (Å²) in [5, 5.41) is 5.12. The maximum Gasteiger partial charge on any atom is 0.0973 e. The summed E-state index contributed by atoms with van der Waals surface area (Å²) in [4.78, 5) is 10.5. The molecule has 0 aliphatic rings. The van der Waals surface area contributed by atoms with E-state index >= 15 is 0 Å². The number of thiophene rings is 1. The number of fused-ring (bicyclic) bond motifs is 8. The number of benzene rings is 6. The zero-order valence-electron chi connectivity index (χ0n) is 22.5. The third kappa shape index (κ3) is 3.46. The largest absolute Gasteiger partial charge is 0.308 e. The van der Waals surface area contributed by atoms with Crippen LogP contribution in [0, 0.1) is 0 Å². The number of hydrogen-bond donors (Lipinski definition) is 0. The Hall–Kier alpha value is -5.32. The van der Waals surface area contributed by atoms with Crippen LogP contribution < -0.4 is 0 Å². The lowest BCUT2D eigenvalue weighted by Crippen LogP contribution is -1.98. The fourth-order valence-electron chi connectivity index (χ4n) is 6.28. The Bertz CT molecular complexity index is 2460. The third-order valence-corrected chi connectivity index (χ3v) is 9.37. The molecule has 0 saturated carbocycles. The monoisotopic (exact) mass is 553 g/mol. The van der Waals surface area contributed by atoms with Crippen LogP contribution in [0.3, 0.4) is 0 Å². The molecule has 0 aliphatic carbocycles. The van der Waals surface area contributed by atoms with Crippen molar-refractivity contribution < 1.29 is 0 Å². The number of para-hydroxylation sites is 1. The Labute approximate surface area is 246 Å². The Morgan fingerprint density at radius 3 is 1.86 bits per heavy atom. The van der Waals surface area contributed by atoms with E-state index in [-0.39, 0.29) is 0 Å². The lowest BCUT2D eigenvalue weighted by molar-refractivity contribution is 1.18. The van der Waals surface area contributed by atoms with E-state index in [2.05, 4.69) is 132 Å². The maximum atomic E-state index is 5.28. The number of aromatic nitrogens is 3. The molecule has 0 fully saturated rings. The molecule has 9 rings (SSSR count). The summed E-state index contributed by atoms with van der Waals surface area (Å²) in [7, 11) is 0. The SMILES string of the molecule is c1ccc(-c2nc3ccc(-n4c5ccccc5c5ccc6c7ccccc7sc6c54)cc3nc2-c2ccccc2)cc1. The zero-order chi connectivity index (χ0) is 27.6. The van der Waals surface area contributed by atoms with E-state index < -0.39 is 0 Å². The van der Waals surface area contributed by atoms with Crippen LogP contribution in [0.5, 0.6) is 0 Å². The number of nitrogens with zero attached hydrogens (tertiary/aromatic N) is 3. The molecule has 0 radical (unpaired) electrons. The minimum Gasteiger partial charge on any atom is -0.308 e. The van der Waals surface area contributed by atoms with Crippen LogP contribution in [0.4, 0.5) is 0 Å². The summed E-state index contributed by atoms with van der Waals surface area (Å²) in [6.45, 7) is 0. The highest BCUT2D eigenvalue weighted by Gasteiger charge is 2.19. The highest BCUT2D eigenvalue weighted by molar-refractivity contribution is 7.26. The van der Waals surface area contributed by atoms with Gasteiger partial charge in [-0.1, -0.05) is 109 Å². The summed E-state index contributed by atoms with van der Waals surface area (Å²) in [5.74, 6) is 0. The summed E-state index contributed by atoms with van der Waals surface area (Å²) >= 11 is 1.87. The predicted molar refractivity (Wildman–Crippen MR) is 178 cm³/mol. The van der Waals surface area contributed by atoms with E-state index in [0.29, 0.717) is 0 Å². The van der Waals surface area contributed by atoms with Crippen LogP contribution in [0.2, 0.25) is 0 Å². The fraction of sp³-hybridized carbons (Fsp3) is 0. The molecule has 4 heteroatoms. The summed E-state index contributed by atoms with van der Waals surface area (Å²) < 4.78 is 5.03. The molecule has 0 atom stereocenters. The summed E-state index contributed by atoms with van der Waals surface area (Å²) in [5.41, 5.74) is 9.17. The second-order valence-electron chi connectivity index (χ2n) is 10.6. The first-order valence-electron chi connectivity index (χ1n) is 14.1. The Morgan fingerprint density at radius 2 is 1.10 bits per heavy atom. The Balaban J connectivity index is 1.36. The molecule has 0 unspecified atom stereocenters. The van der Waals surface area contributed by atoms with Crippen LogP contribution in [-0.4, -0.2) is 14.5 Å². The molecule has 0 aliphatic heterocycles. The topological polar surface area (TPSA) is 30.7 Å². The van der Waals surface area contributed by atoms with Crippen molar-refractivity contribution in [3.8, 4) is 28.2 Å². The highest BCUT2D eigenvalue weighted by atomic mass is 32.1. The molecule has 0 bridgehead atoms. The summed E-state index contributed by atoms with van der Waals surface area (Å²) in [6.07, 6.45) is 0. The number of hydrogen-bond acceptors (Lipinski definition) is 3. The first kappa shape index (κ1) is 23.4. The van der Waals surface area contributed by atoms with Crippen LogP contribution in [0.25, 0.3) is 81.2 Å². The molecule has 0 saturated heterocycles. The number of rotatable bonds is 3. The van der Waals surface area contributed by atoms with Gasteiger partial charge in [0.1, 0.15) is 0 Å². The van der Waals surface area contributed by atoms with E-state index in [9.17, 15) is 0 Å². The second kappa shape index (κ2) is 9.10. The van der Waals surface area contributed by atoms with Crippen molar-refractivity contribution in [1.29, 1.82) is 0 Å². The smallest absolute Gasteiger partial charge is 0.0973 e. The molecule has 0 amide bonds. The van der Waals surface area contributed by atoms with Gasteiger partial charge in [-0.15, -0.1) is 11.3 Å².